The number of hydrogen-bond acceptors (Lipinski definition) is 1. The van der Waals surface area contributed by atoms with Crippen LogP contribution in [0.1, 0.15) is 39.5 Å². The second-order valence-corrected chi connectivity index (χ2v) is 4.17. The van der Waals surface area contributed by atoms with Gasteiger partial charge in [-0.2, -0.15) is 0 Å². The molecular weight excluding hydrogens is 184 g/mol. The fraction of sp³-hybridized carbons (Fsp3) is 0.571. The Labute approximate surface area is 94.2 Å². The van der Waals surface area contributed by atoms with Gasteiger partial charge in [0.05, 0.1) is 0 Å². The average molecular weight is 208 g/mol. The monoisotopic (exact) mass is 208 g/mol. The molecule has 1 N–H and O–H groups in total. The molecule has 15 heavy (non-hydrogen) atoms. The van der Waals surface area contributed by atoms with Gasteiger partial charge in [-0.05, 0) is 45.4 Å². The molecule has 0 heterocycles. The van der Waals surface area contributed by atoms with Crippen LogP contribution in [0.2, 0.25) is 0 Å². The Bertz CT molecular complexity index is 225. The minimum absolute atomic E-state index is 0.243. The van der Waals surface area contributed by atoms with Gasteiger partial charge in [0.1, 0.15) is 0 Å². The molecule has 0 aliphatic rings. The van der Waals surface area contributed by atoms with Crippen molar-refractivity contribution in [2.45, 2.75) is 39.5 Å². The summed E-state index contributed by atoms with van der Waals surface area (Å²) < 4.78 is 0. The first-order valence-corrected chi connectivity index (χ1v) is 5.64. The summed E-state index contributed by atoms with van der Waals surface area (Å²) in [7, 11) is 0. The van der Waals surface area contributed by atoms with Gasteiger partial charge in [-0.25, -0.2) is 0 Å². The zero-order valence-corrected chi connectivity index (χ0v) is 10.1. The third-order valence-electron chi connectivity index (χ3n) is 2.67. The SMILES string of the molecule is C=CCC[C@@H](C/C=C(\C)CCO)C(=C)C. The fourth-order valence-corrected chi connectivity index (χ4v) is 1.51. The summed E-state index contributed by atoms with van der Waals surface area (Å²) >= 11 is 0. The van der Waals surface area contributed by atoms with Gasteiger partial charge in [0, 0.05) is 6.61 Å². The van der Waals surface area contributed by atoms with E-state index in [1.165, 1.54) is 11.1 Å². The van der Waals surface area contributed by atoms with Crippen molar-refractivity contribution in [3.8, 4) is 0 Å². The predicted molar refractivity (Wildman–Crippen MR) is 67.8 cm³/mol. The third kappa shape index (κ3) is 7.15. The maximum Gasteiger partial charge on any atom is 0.0468 e. The van der Waals surface area contributed by atoms with Crippen LogP contribution >= 0.6 is 0 Å². The molecule has 0 aromatic heterocycles. The van der Waals surface area contributed by atoms with Crippen molar-refractivity contribution >= 4 is 0 Å². The Kier molecular flexibility index (Phi) is 8.02. The van der Waals surface area contributed by atoms with Gasteiger partial charge in [-0.1, -0.05) is 29.9 Å². The van der Waals surface area contributed by atoms with E-state index >= 15 is 0 Å². The predicted octanol–water partition coefficient (Wildman–Crippen LogP) is 3.86. The van der Waals surface area contributed by atoms with E-state index in [2.05, 4.69) is 33.1 Å². The van der Waals surface area contributed by atoms with Gasteiger partial charge in [-0.15, -0.1) is 6.58 Å². The number of rotatable bonds is 8. The molecular formula is C14H24O. The maximum absolute atomic E-state index is 8.78. The summed E-state index contributed by atoms with van der Waals surface area (Å²) in [5.74, 6) is 0.552. The highest BCUT2D eigenvalue weighted by molar-refractivity contribution is 5.04. The molecule has 0 unspecified atom stereocenters. The van der Waals surface area contributed by atoms with Crippen LogP contribution < -0.4 is 0 Å². The highest BCUT2D eigenvalue weighted by atomic mass is 16.2. The van der Waals surface area contributed by atoms with Crippen LogP contribution in [0.4, 0.5) is 0 Å². The van der Waals surface area contributed by atoms with Crippen LogP contribution in [-0.4, -0.2) is 11.7 Å². The third-order valence-corrected chi connectivity index (χ3v) is 2.67. The first-order valence-electron chi connectivity index (χ1n) is 5.64. The summed E-state index contributed by atoms with van der Waals surface area (Å²) in [6.07, 6.45) is 8.17. The zero-order chi connectivity index (χ0) is 11.7. The largest absolute Gasteiger partial charge is 0.396 e. The Morgan fingerprint density at radius 3 is 2.53 bits per heavy atom. The van der Waals surface area contributed by atoms with E-state index in [9.17, 15) is 0 Å². The maximum atomic E-state index is 8.78. The first-order chi connectivity index (χ1) is 7.11. The van der Waals surface area contributed by atoms with Crippen molar-refractivity contribution in [1.82, 2.24) is 0 Å². The van der Waals surface area contributed by atoms with Gasteiger partial charge in [0.2, 0.25) is 0 Å². The van der Waals surface area contributed by atoms with Crippen LogP contribution in [0.15, 0.2) is 36.5 Å². The number of aliphatic hydroxyl groups excluding tert-OH is 1. The summed E-state index contributed by atoms with van der Waals surface area (Å²) in [6.45, 7) is 12.2. The molecule has 0 rings (SSSR count). The molecule has 0 saturated heterocycles. The number of aliphatic hydroxyl groups is 1. The van der Waals surface area contributed by atoms with E-state index in [4.69, 9.17) is 5.11 Å². The topological polar surface area (TPSA) is 20.2 Å². The van der Waals surface area contributed by atoms with Gasteiger partial charge in [-0.3, -0.25) is 0 Å². The molecule has 1 atom stereocenters. The summed E-state index contributed by atoms with van der Waals surface area (Å²) in [4.78, 5) is 0. The van der Waals surface area contributed by atoms with E-state index in [0.717, 1.165) is 25.7 Å². The normalized spacial score (nSPS) is 13.7. The second kappa shape index (κ2) is 8.49. The summed E-state index contributed by atoms with van der Waals surface area (Å²) in [5.41, 5.74) is 2.51. The van der Waals surface area contributed by atoms with Crippen molar-refractivity contribution in [1.29, 1.82) is 0 Å². The molecule has 1 nitrogen and oxygen atoms in total. The van der Waals surface area contributed by atoms with Crippen LogP contribution in [-0.2, 0) is 0 Å². The Morgan fingerprint density at radius 1 is 1.40 bits per heavy atom. The van der Waals surface area contributed by atoms with Gasteiger partial charge >= 0.3 is 0 Å². The zero-order valence-electron chi connectivity index (χ0n) is 10.1. The quantitative estimate of drug-likeness (QED) is 0.600. The lowest BCUT2D eigenvalue weighted by Crippen LogP contribution is -2.00. The van der Waals surface area contributed by atoms with Crippen LogP contribution in [0.5, 0.6) is 0 Å². The number of allylic oxidation sites excluding steroid dienone is 3. The van der Waals surface area contributed by atoms with Crippen molar-refractivity contribution in [3.05, 3.63) is 36.5 Å². The van der Waals surface area contributed by atoms with Gasteiger partial charge < -0.3 is 5.11 Å². The van der Waals surface area contributed by atoms with Crippen LogP contribution in [0.3, 0.4) is 0 Å². The van der Waals surface area contributed by atoms with Crippen molar-refractivity contribution < 1.29 is 5.11 Å². The first kappa shape index (κ1) is 14.2. The Morgan fingerprint density at radius 2 is 2.07 bits per heavy atom. The highest BCUT2D eigenvalue weighted by Gasteiger charge is 2.06. The lowest BCUT2D eigenvalue weighted by Gasteiger charge is -2.14. The molecule has 0 fully saturated rings. The van der Waals surface area contributed by atoms with Crippen molar-refractivity contribution in [3.63, 3.8) is 0 Å². The molecule has 1 heteroatoms. The lowest BCUT2D eigenvalue weighted by atomic mass is 9.92. The molecule has 0 aromatic carbocycles. The Hall–Kier alpha value is -0.820. The lowest BCUT2D eigenvalue weighted by molar-refractivity contribution is 0.299. The Balaban J connectivity index is 4.10. The van der Waals surface area contributed by atoms with Crippen molar-refractivity contribution in [2.75, 3.05) is 6.61 Å². The molecule has 0 radical (unpaired) electrons. The minimum atomic E-state index is 0.243. The van der Waals surface area contributed by atoms with Crippen LogP contribution in [0, 0.1) is 5.92 Å². The highest BCUT2D eigenvalue weighted by Crippen LogP contribution is 2.21. The van der Waals surface area contributed by atoms with E-state index in [1.807, 2.05) is 6.08 Å². The molecule has 0 bridgehead atoms. The standard InChI is InChI=1S/C14H24O/c1-5-6-7-14(12(2)3)9-8-13(4)10-11-15/h5,8,14-15H,1-2,6-7,9-11H2,3-4H3/b13-8+/t14-/m0/s1. The summed E-state index contributed by atoms with van der Waals surface area (Å²) in [6, 6.07) is 0. The van der Waals surface area contributed by atoms with Gasteiger partial charge in [0.25, 0.3) is 0 Å². The smallest absolute Gasteiger partial charge is 0.0468 e. The average Bonchev–Trinajstić information content (AvgIpc) is 2.17. The molecule has 0 amide bonds. The molecule has 86 valence electrons. The van der Waals surface area contributed by atoms with E-state index in [-0.39, 0.29) is 6.61 Å². The number of hydrogen-bond donors (Lipinski definition) is 1. The molecule has 0 aliphatic heterocycles. The van der Waals surface area contributed by atoms with Crippen molar-refractivity contribution in [2.24, 2.45) is 5.92 Å². The summed E-state index contributed by atoms with van der Waals surface area (Å²) in [5, 5.41) is 8.78. The molecule has 0 aromatic rings. The van der Waals surface area contributed by atoms with E-state index < -0.39 is 0 Å². The van der Waals surface area contributed by atoms with Crippen LogP contribution in [0.25, 0.3) is 0 Å². The minimum Gasteiger partial charge on any atom is -0.396 e. The second-order valence-electron chi connectivity index (χ2n) is 4.17. The fourth-order valence-electron chi connectivity index (χ4n) is 1.51. The molecule has 0 saturated carbocycles. The van der Waals surface area contributed by atoms with E-state index in [1.54, 1.807) is 0 Å². The molecule has 0 spiro atoms. The van der Waals surface area contributed by atoms with Gasteiger partial charge in [0.15, 0.2) is 0 Å². The molecule has 0 aliphatic carbocycles. The van der Waals surface area contributed by atoms with E-state index in [0.29, 0.717) is 5.92 Å².